The number of allylic oxidation sites excluding steroid dienone is 1. The van der Waals surface area contributed by atoms with Crippen LogP contribution in [0.1, 0.15) is 64.0 Å². The number of carbonyl (C=O) groups excluding carboxylic acids is 3. The van der Waals surface area contributed by atoms with Crippen molar-refractivity contribution in [2.45, 2.75) is 65.3 Å². The van der Waals surface area contributed by atoms with Crippen LogP contribution in [0.15, 0.2) is 36.4 Å². The van der Waals surface area contributed by atoms with E-state index in [1.54, 1.807) is 0 Å². The predicted octanol–water partition coefficient (Wildman–Crippen LogP) is 3.51. The lowest BCUT2D eigenvalue weighted by Crippen LogP contribution is -2.45. The third-order valence-electron chi connectivity index (χ3n) is 4.78. The topological polar surface area (TPSA) is 84.5 Å². The minimum atomic E-state index is -0.809. The Labute approximate surface area is 180 Å². The van der Waals surface area contributed by atoms with Crippen molar-refractivity contribution in [3.8, 4) is 0 Å². The maximum absolute atomic E-state index is 12.7. The van der Waals surface area contributed by atoms with E-state index in [9.17, 15) is 14.4 Å². The van der Waals surface area contributed by atoms with E-state index in [-0.39, 0.29) is 24.8 Å². The van der Waals surface area contributed by atoms with Crippen LogP contribution in [0.5, 0.6) is 0 Å². The van der Waals surface area contributed by atoms with Gasteiger partial charge in [0.25, 0.3) is 0 Å². The maximum atomic E-state index is 12.7. The zero-order chi connectivity index (χ0) is 22.5. The lowest BCUT2D eigenvalue weighted by atomic mass is 9.96. The molecule has 2 amide bonds. The van der Waals surface area contributed by atoms with E-state index in [2.05, 4.69) is 24.5 Å². The highest BCUT2D eigenvalue weighted by molar-refractivity contribution is 5.88. The third-order valence-corrected chi connectivity index (χ3v) is 4.78. The summed E-state index contributed by atoms with van der Waals surface area (Å²) in [5.74, 6) is -0.730. The Balaban J connectivity index is 2.64. The summed E-state index contributed by atoms with van der Waals surface area (Å²) in [6.07, 6.45) is 6.17. The van der Waals surface area contributed by atoms with Crippen LogP contribution < -0.4 is 10.6 Å². The van der Waals surface area contributed by atoms with Crippen molar-refractivity contribution >= 4 is 17.8 Å². The minimum Gasteiger partial charge on any atom is -0.467 e. The Morgan fingerprint density at radius 2 is 1.73 bits per heavy atom. The fourth-order valence-corrected chi connectivity index (χ4v) is 3.04. The van der Waals surface area contributed by atoms with Crippen LogP contribution in [0, 0.1) is 5.92 Å². The summed E-state index contributed by atoms with van der Waals surface area (Å²) in [5.41, 5.74) is 2.12. The van der Waals surface area contributed by atoms with Crippen LogP contribution in [0.2, 0.25) is 0 Å². The molecule has 0 aliphatic heterocycles. The summed E-state index contributed by atoms with van der Waals surface area (Å²) < 4.78 is 4.81. The fourth-order valence-electron chi connectivity index (χ4n) is 3.04. The Kier molecular flexibility index (Phi) is 11.5. The van der Waals surface area contributed by atoms with E-state index in [4.69, 9.17) is 4.74 Å². The van der Waals surface area contributed by atoms with E-state index < -0.39 is 17.9 Å². The summed E-state index contributed by atoms with van der Waals surface area (Å²) in [6.45, 7) is 8.42. The van der Waals surface area contributed by atoms with Crippen LogP contribution in [0.3, 0.4) is 0 Å². The highest BCUT2D eigenvalue weighted by Gasteiger charge is 2.24. The van der Waals surface area contributed by atoms with Crippen LogP contribution in [0.25, 0.3) is 0 Å². The smallest absolute Gasteiger partial charge is 0.328 e. The molecule has 0 aromatic heterocycles. The molecule has 0 radical (unpaired) electrons. The quantitative estimate of drug-likeness (QED) is 0.403. The van der Waals surface area contributed by atoms with Crippen molar-refractivity contribution in [3.05, 3.63) is 47.5 Å². The first-order chi connectivity index (χ1) is 14.3. The maximum Gasteiger partial charge on any atom is 0.328 e. The van der Waals surface area contributed by atoms with Crippen molar-refractivity contribution in [1.29, 1.82) is 0 Å². The van der Waals surface area contributed by atoms with Gasteiger partial charge in [-0.05, 0) is 43.2 Å². The SMILES string of the molecule is CC/C=C\CC(=O)NCCC(NC(=O)C(C)c1ccc(CC(C)C)cc1)C(=O)OC. The Bertz CT molecular complexity index is 710. The van der Waals surface area contributed by atoms with E-state index in [0.29, 0.717) is 12.3 Å². The van der Waals surface area contributed by atoms with Crippen LogP contribution in [-0.2, 0) is 25.5 Å². The molecule has 0 saturated carbocycles. The number of benzene rings is 1. The molecule has 1 rings (SSSR count). The molecule has 0 bridgehead atoms. The van der Waals surface area contributed by atoms with Crippen molar-refractivity contribution in [3.63, 3.8) is 0 Å². The second-order valence-electron chi connectivity index (χ2n) is 7.87. The summed E-state index contributed by atoms with van der Waals surface area (Å²) in [4.78, 5) is 36.6. The van der Waals surface area contributed by atoms with Gasteiger partial charge in [0.1, 0.15) is 6.04 Å². The average molecular weight is 417 g/mol. The number of methoxy groups -OCH3 is 1. The molecule has 2 N–H and O–H groups in total. The number of rotatable bonds is 12. The molecule has 30 heavy (non-hydrogen) atoms. The normalized spacial score (nSPS) is 13.1. The molecule has 0 saturated heterocycles. The molecule has 0 heterocycles. The van der Waals surface area contributed by atoms with Crippen LogP contribution in [-0.4, -0.2) is 37.5 Å². The van der Waals surface area contributed by atoms with Crippen molar-refractivity contribution in [2.75, 3.05) is 13.7 Å². The number of ether oxygens (including phenoxy) is 1. The van der Waals surface area contributed by atoms with Gasteiger partial charge in [-0.25, -0.2) is 4.79 Å². The first kappa shape index (κ1) is 25.4. The van der Waals surface area contributed by atoms with E-state index in [1.807, 2.05) is 50.3 Å². The zero-order valence-electron chi connectivity index (χ0n) is 18.9. The van der Waals surface area contributed by atoms with Crippen LogP contribution in [0.4, 0.5) is 0 Å². The van der Waals surface area contributed by atoms with Gasteiger partial charge in [-0.2, -0.15) is 0 Å². The predicted molar refractivity (Wildman–Crippen MR) is 119 cm³/mol. The van der Waals surface area contributed by atoms with Gasteiger partial charge in [-0.3, -0.25) is 9.59 Å². The number of esters is 1. The molecule has 1 aromatic carbocycles. The molecule has 1 aromatic rings. The molecule has 166 valence electrons. The Hall–Kier alpha value is -2.63. The van der Waals surface area contributed by atoms with E-state index >= 15 is 0 Å². The van der Waals surface area contributed by atoms with Gasteiger partial charge in [-0.15, -0.1) is 0 Å². The molecule has 2 atom stereocenters. The van der Waals surface area contributed by atoms with Gasteiger partial charge >= 0.3 is 5.97 Å². The lowest BCUT2D eigenvalue weighted by molar-refractivity contribution is -0.145. The van der Waals surface area contributed by atoms with Crippen LogP contribution >= 0.6 is 0 Å². The second kappa shape index (κ2) is 13.6. The third kappa shape index (κ3) is 9.25. The van der Waals surface area contributed by atoms with Gasteiger partial charge in [0.05, 0.1) is 13.0 Å². The number of amides is 2. The molecule has 0 aliphatic carbocycles. The second-order valence-corrected chi connectivity index (χ2v) is 7.87. The number of nitrogens with one attached hydrogen (secondary N) is 2. The van der Waals surface area contributed by atoms with Gasteiger partial charge in [0, 0.05) is 13.0 Å². The van der Waals surface area contributed by atoms with Crippen molar-refractivity contribution < 1.29 is 19.1 Å². The number of carbonyl (C=O) groups is 3. The highest BCUT2D eigenvalue weighted by Crippen LogP contribution is 2.18. The number of hydrogen-bond acceptors (Lipinski definition) is 4. The Morgan fingerprint density at radius 3 is 2.30 bits per heavy atom. The highest BCUT2D eigenvalue weighted by atomic mass is 16.5. The molecule has 2 unspecified atom stereocenters. The molecular weight excluding hydrogens is 380 g/mol. The number of hydrogen-bond donors (Lipinski definition) is 2. The fraction of sp³-hybridized carbons (Fsp3) is 0.542. The zero-order valence-corrected chi connectivity index (χ0v) is 18.9. The summed E-state index contributed by atoms with van der Waals surface area (Å²) in [6, 6.07) is 7.19. The minimum absolute atomic E-state index is 0.121. The molecular formula is C24H36N2O4. The summed E-state index contributed by atoms with van der Waals surface area (Å²) >= 11 is 0. The van der Waals surface area contributed by atoms with Gasteiger partial charge in [-0.1, -0.05) is 57.2 Å². The average Bonchev–Trinajstić information content (AvgIpc) is 2.72. The molecule has 0 fully saturated rings. The molecule has 6 nitrogen and oxygen atoms in total. The van der Waals surface area contributed by atoms with Gasteiger partial charge < -0.3 is 15.4 Å². The first-order valence-corrected chi connectivity index (χ1v) is 10.7. The van der Waals surface area contributed by atoms with E-state index in [1.165, 1.54) is 12.7 Å². The summed E-state index contributed by atoms with van der Waals surface area (Å²) in [7, 11) is 1.28. The summed E-state index contributed by atoms with van der Waals surface area (Å²) in [5, 5.41) is 5.52. The standard InChI is InChI=1S/C24H36N2O4/c1-6-7-8-9-22(27)25-15-14-21(24(29)30-5)26-23(28)18(4)20-12-10-19(11-13-20)16-17(2)3/h7-8,10-13,17-18,21H,6,9,14-16H2,1-5H3,(H,25,27)(H,26,28)/b8-7-. The molecule has 0 spiro atoms. The van der Waals surface area contributed by atoms with Crippen molar-refractivity contribution in [2.24, 2.45) is 5.92 Å². The lowest BCUT2D eigenvalue weighted by Gasteiger charge is -2.20. The molecule has 6 heteroatoms. The first-order valence-electron chi connectivity index (χ1n) is 10.7. The van der Waals surface area contributed by atoms with Crippen molar-refractivity contribution in [1.82, 2.24) is 10.6 Å². The van der Waals surface area contributed by atoms with Gasteiger partial charge in [0.15, 0.2) is 0 Å². The largest absolute Gasteiger partial charge is 0.467 e. The molecule has 0 aliphatic rings. The monoisotopic (exact) mass is 416 g/mol. The Morgan fingerprint density at radius 1 is 1.07 bits per heavy atom. The van der Waals surface area contributed by atoms with E-state index in [0.717, 1.165) is 18.4 Å². The van der Waals surface area contributed by atoms with Gasteiger partial charge in [0.2, 0.25) is 11.8 Å².